The average Bonchev–Trinajstić information content (AvgIpc) is 2.96. The number of hydrogen-bond acceptors (Lipinski definition) is 7. The van der Waals surface area contributed by atoms with Gasteiger partial charge in [-0.2, -0.15) is 0 Å². The molecule has 2 aromatic heterocycles. The minimum absolute atomic E-state index is 0.0266. The van der Waals surface area contributed by atoms with E-state index in [0.29, 0.717) is 12.1 Å². The Balaban J connectivity index is 1.55. The zero-order valence-electron chi connectivity index (χ0n) is 21.0. The highest BCUT2D eigenvalue weighted by Gasteiger charge is 2.40. The number of methoxy groups -OCH3 is 1. The minimum Gasteiger partial charge on any atom is -0.467 e. The van der Waals surface area contributed by atoms with Crippen molar-refractivity contribution in [3.63, 3.8) is 0 Å². The van der Waals surface area contributed by atoms with Crippen molar-refractivity contribution in [1.82, 2.24) is 25.1 Å². The van der Waals surface area contributed by atoms with Crippen LogP contribution in [0.1, 0.15) is 48.0 Å². The fraction of sp³-hybridized carbons (Fsp3) is 0.481. The summed E-state index contributed by atoms with van der Waals surface area (Å²) in [5.74, 6) is -1.53. The third-order valence-electron chi connectivity index (χ3n) is 7.08. The van der Waals surface area contributed by atoms with Crippen LogP contribution in [0.5, 0.6) is 0 Å². The average molecular weight is 508 g/mol. The number of pyridine rings is 2. The van der Waals surface area contributed by atoms with Crippen molar-refractivity contribution in [2.75, 3.05) is 26.7 Å². The highest BCUT2D eigenvalue weighted by molar-refractivity contribution is 5.96. The first-order valence-corrected chi connectivity index (χ1v) is 12.7. The topological polar surface area (TPSA) is 122 Å². The lowest BCUT2D eigenvalue weighted by molar-refractivity contribution is -0.150. The molecule has 0 bridgehead atoms. The molecule has 37 heavy (non-hydrogen) atoms. The second-order valence-electron chi connectivity index (χ2n) is 9.52. The Morgan fingerprint density at radius 3 is 2.41 bits per heavy atom. The zero-order chi connectivity index (χ0) is 26.2. The third kappa shape index (κ3) is 6.49. The van der Waals surface area contributed by atoms with Gasteiger partial charge in [-0.1, -0.05) is 25.3 Å². The number of esters is 1. The Hall–Kier alpha value is -3.82. The second kappa shape index (κ2) is 12.4. The maximum absolute atomic E-state index is 13.6. The van der Waals surface area contributed by atoms with Gasteiger partial charge in [0.25, 0.3) is 5.91 Å². The largest absolute Gasteiger partial charge is 0.467 e. The van der Waals surface area contributed by atoms with Crippen molar-refractivity contribution in [3.8, 4) is 0 Å². The molecule has 10 heteroatoms. The van der Waals surface area contributed by atoms with Gasteiger partial charge in [0.2, 0.25) is 11.8 Å². The van der Waals surface area contributed by atoms with Crippen LogP contribution in [0.2, 0.25) is 0 Å². The maximum Gasteiger partial charge on any atom is 0.328 e. The van der Waals surface area contributed by atoms with Gasteiger partial charge in [-0.15, -0.1) is 0 Å². The molecule has 1 aliphatic heterocycles. The summed E-state index contributed by atoms with van der Waals surface area (Å²) >= 11 is 0. The van der Waals surface area contributed by atoms with E-state index in [-0.39, 0.29) is 37.2 Å². The molecule has 2 fully saturated rings. The summed E-state index contributed by atoms with van der Waals surface area (Å²) in [6, 6.07) is 5.02. The molecule has 1 aliphatic carbocycles. The lowest BCUT2D eigenvalue weighted by Gasteiger charge is -2.42. The molecule has 0 radical (unpaired) electrons. The fourth-order valence-electron chi connectivity index (χ4n) is 5.07. The van der Waals surface area contributed by atoms with E-state index in [1.165, 1.54) is 13.3 Å². The summed E-state index contributed by atoms with van der Waals surface area (Å²) in [5.41, 5.74) is 1.17. The number of nitrogens with zero attached hydrogens (tertiary/aromatic N) is 4. The molecule has 0 spiro atoms. The number of ether oxygens (including phenoxy) is 1. The van der Waals surface area contributed by atoms with E-state index >= 15 is 0 Å². The molecular formula is C27H33N5O5. The Bertz CT molecular complexity index is 1090. The summed E-state index contributed by atoms with van der Waals surface area (Å²) in [7, 11) is 1.26. The number of amides is 3. The molecule has 2 atom stereocenters. The molecule has 1 saturated heterocycles. The number of piperazine rings is 1. The second-order valence-corrected chi connectivity index (χ2v) is 9.52. The Kier molecular flexibility index (Phi) is 8.81. The van der Waals surface area contributed by atoms with E-state index in [4.69, 9.17) is 4.74 Å². The van der Waals surface area contributed by atoms with Gasteiger partial charge < -0.3 is 19.9 Å². The van der Waals surface area contributed by atoms with Gasteiger partial charge in [-0.25, -0.2) is 4.79 Å². The number of carbonyl (C=O) groups is 4. The van der Waals surface area contributed by atoms with Crippen LogP contribution in [0.25, 0.3) is 0 Å². The van der Waals surface area contributed by atoms with Crippen LogP contribution in [-0.4, -0.2) is 82.3 Å². The molecule has 2 aliphatic rings. The summed E-state index contributed by atoms with van der Waals surface area (Å²) in [6.45, 7) is 0.579. The van der Waals surface area contributed by atoms with Crippen molar-refractivity contribution in [1.29, 1.82) is 0 Å². The van der Waals surface area contributed by atoms with Crippen LogP contribution in [0.3, 0.4) is 0 Å². The monoisotopic (exact) mass is 507 g/mol. The summed E-state index contributed by atoms with van der Waals surface area (Å²) in [6.07, 6.45) is 11.2. The minimum atomic E-state index is -0.960. The summed E-state index contributed by atoms with van der Waals surface area (Å²) in [4.78, 5) is 64.1. The molecule has 4 rings (SSSR count). The molecular weight excluding hydrogens is 474 g/mol. The molecule has 1 saturated carbocycles. The lowest BCUT2D eigenvalue weighted by Crippen LogP contribution is -2.63. The number of rotatable bonds is 7. The smallest absolute Gasteiger partial charge is 0.328 e. The van der Waals surface area contributed by atoms with E-state index in [1.807, 2.05) is 6.07 Å². The molecule has 0 aromatic carbocycles. The number of carbonyl (C=O) groups excluding carboxylic acids is 4. The highest BCUT2D eigenvalue weighted by atomic mass is 16.5. The van der Waals surface area contributed by atoms with E-state index in [9.17, 15) is 19.2 Å². The van der Waals surface area contributed by atoms with Crippen LogP contribution in [0.4, 0.5) is 0 Å². The van der Waals surface area contributed by atoms with Crippen LogP contribution in [-0.2, 0) is 25.5 Å². The highest BCUT2D eigenvalue weighted by Crippen LogP contribution is 2.27. The van der Waals surface area contributed by atoms with Crippen molar-refractivity contribution in [2.24, 2.45) is 5.92 Å². The molecule has 2 aromatic rings. The third-order valence-corrected chi connectivity index (χ3v) is 7.08. The first-order valence-electron chi connectivity index (χ1n) is 12.7. The SMILES string of the molecule is COC(=O)[C@@H](Cc1cccnc1)NC(=O)[C@H]1CN(C(=O)c2cccnc2)CCN1C(=O)C1CCCCC1. The van der Waals surface area contributed by atoms with Crippen LogP contribution < -0.4 is 5.32 Å². The summed E-state index contributed by atoms with van der Waals surface area (Å²) < 4.78 is 4.93. The van der Waals surface area contributed by atoms with Crippen LogP contribution >= 0.6 is 0 Å². The molecule has 10 nitrogen and oxygen atoms in total. The fourth-order valence-corrected chi connectivity index (χ4v) is 5.07. The zero-order valence-corrected chi connectivity index (χ0v) is 21.0. The van der Waals surface area contributed by atoms with E-state index in [2.05, 4.69) is 15.3 Å². The van der Waals surface area contributed by atoms with E-state index in [0.717, 1.165) is 37.7 Å². The van der Waals surface area contributed by atoms with E-state index in [1.54, 1.807) is 46.6 Å². The Morgan fingerprint density at radius 1 is 1.03 bits per heavy atom. The van der Waals surface area contributed by atoms with Crippen molar-refractivity contribution < 1.29 is 23.9 Å². The van der Waals surface area contributed by atoms with Crippen molar-refractivity contribution in [2.45, 2.75) is 50.6 Å². The predicted octanol–water partition coefficient (Wildman–Crippen LogP) is 1.61. The molecule has 0 unspecified atom stereocenters. The molecule has 196 valence electrons. The van der Waals surface area contributed by atoms with Crippen molar-refractivity contribution >= 4 is 23.7 Å². The number of hydrogen-bond donors (Lipinski definition) is 1. The van der Waals surface area contributed by atoms with Gasteiger partial charge in [0.15, 0.2) is 0 Å². The number of nitrogens with one attached hydrogen (secondary N) is 1. The Labute approximate surface area is 216 Å². The van der Waals surface area contributed by atoms with Gasteiger partial charge >= 0.3 is 5.97 Å². The first kappa shape index (κ1) is 26.2. The van der Waals surface area contributed by atoms with Crippen LogP contribution in [0.15, 0.2) is 49.1 Å². The molecule has 1 N–H and O–H groups in total. The van der Waals surface area contributed by atoms with Gasteiger partial charge in [0.1, 0.15) is 12.1 Å². The van der Waals surface area contributed by atoms with Gasteiger partial charge in [0.05, 0.1) is 19.2 Å². The Morgan fingerprint density at radius 2 is 1.76 bits per heavy atom. The normalized spacial score (nSPS) is 19.1. The quantitative estimate of drug-likeness (QED) is 0.565. The van der Waals surface area contributed by atoms with Crippen molar-refractivity contribution in [3.05, 3.63) is 60.2 Å². The predicted molar refractivity (Wildman–Crippen MR) is 134 cm³/mol. The van der Waals surface area contributed by atoms with Crippen LogP contribution in [0, 0.1) is 5.92 Å². The molecule has 3 amide bonds. The lowest BCUT2D eigenvalue weighted by atomic mass is 9.87. The molecule has 3 heterocycles. The first-order chi connectivity index (χ1) is 18.0. The van der Waals surface area contributed by atoms with E-state index < -0.39 is 24.0 Å². The number of aromatic nitrogens is 2. The van der Waals surface area contributed by atoms with Gasteiger partial charge in [0, 0.05) is 50.2 Å². The standard InChI is InChI=1S/C27H33N5O5/c1-37-27(36)22(15-19-7-5-11-28-16-19)30-24(33)23-18-31(25(34)21-10-6-12-29-17-21)13-14-32(23)26(35)20-8-3-2-4-9-20/h5-7,10-12,16-17,20,22-23H,2-4,8-9,13-15,18H2,1H3,(H,30,33)/t22-,23-/m1/s1. The van der Waals surface area contributed by atoms with Gasteiger partial charge in [-0.05, 0) is 36.6 Å². The summed E-state index contributed by atoms with van der Waals surface area (Å²) in [5, 5.41) is 2.79. The maximum atomic E-state index is 13.6. The van der Waals surface area contributed by atoms with Gasteiger partial charge in [-0.3, -0.25) is 24.4 Å².